The lowest BCUT2D eigenvalue weighted by Crippen LogP contribution is -2.33. The van der Waals surface area contributed by atoms with E-state index >= 15 is 0 Å². The minimum atomic E-state index is -3.45. The van der Waals surface area contributed by atoms with E-state index in [1.807, 2.05) is 0 Å². The van der Waals surface area contributed by atoms with Crippen LogP contribution in [0.1, 0.15) is 39.0 Å². The highest BCUT2D eigenvalue weighted by Gasteiger charge is 2.16. The normalized spacial score (nSPS) is 11.3. The highest BCUT2D eigenvalue weighted by Crippen LogP contribution is 2.16. The van der Waals surface area contributed by atoms with Crippen molar-refractivity contribution in [1.29, 1.82) is 0 Å². The first-order valence-electron chi connectivity index (χ1n) is 7.90. The number of benzene rings is 1. The lowest BCUT2D eigenvalue weighted by molar-refractivity contribution is -0.119. The van der Waals surface area contributed by atoms with Crippen LogP contribution in [-0.4, -0.2) is 37.8 Å². The van der Waals surface area contributed by atoms with Crippen LogP contribution in [-0.2, 0) is 14.8 Å². The Balaban J connectivity index is 2.52. The fraction of sp³-hybridized carbons (Fsp3) is 0.500. The van der Waals surface area contributed by atoms with Crippen molar-refractivity contribution in [3.63, 3.8) is 0 Å². The smallest absolute Gasteiger partial charge is 0.242 e. The van der Waals surface area contributed by atoms with Crippen molar-refractivity contribution in [2.75, 3.05) is 19.4 Å². The van der Waals surface area contributed by atoms with Gasteiger partial charge < -0.3 is 10.6 Å². The zero-order chi connectivity index (χ0) is 18.2. The number of carbonyl (C=O) groups excluding carboxylic acids is 1. The van der Waals surface area contributed by atoms with E-state index in [1.165, 1.54) is 26.2 Å². The summed E-state index contributed by atoms with van der Waals surface area (Å²) >= 11 is 5.09. The van der Waals surface area contributed by atoms with Crippen LogP contribution in [0.5, 0.6) is 0 Å². The molecule has 134 valence electrons. The molecule has 0 aromatic heterocycles. The van der Waals surface area contributed by atoms with E-state index < -0.39 is 10.0 Å². The van der Waals surface area contributed by atoms with Gasteiger partial charge in [0.1, 0.15) is 0 Å². The van der Waals surface area contributed by atoms with E-state index in [0.29, 0.717) is 12.1 Å². The second-order valence-corrected chi connectivity index (χ2v) is 8.18. The molecule has 0 aliphatic heterocycles. The Bertz CT molecular complexity index is 656. The van der Waals surface area contributed by atoms with Crippen molar-refractivity contribution in [2.45, 2.75) is 43.9 Å². The number of anilines is 1. The first kappa shape index (κ1) is 20.5. The number of carbonyl (C=O) groups is 1. The van der Waals surface area contributed by atoms with Gasteiger partial charge in [0.2, 0.25) is 15.9 Å². The molecule has 6 nitrogen and oxygen atoms in total. The summed E-state index contributed by atoms with van der Waals surface area (Å²) < 4.78 is 25.1. The van der Waals surface area contributed by atoms with Gasteiger partial charge in [0.25, 0.3) is 0 Å². The largest absolute Gasteiger partial charge is 0.332 e. The summed E-state index contributed by atoms with van der Waals surface area (Å²) in [6.45, 7) is 2.12. The molecule has 0 radical (unpaired) electrons. The molecule has 0 fully saturated rings. The highest BCUT2D eigenvalue weighted by atomic mass is 32.2. The van der Waals surface area contributed by atoms with Crippen molar-refractivity contribution in [3.05, 3.63) is 24.3 Å². The first-order valence-corrected chi connectivity index (χ1v) is 9.75. The molecular formula is C16H25N3O3S2. The van der Waals surface area contributed by atoms with Crippen LogP contribution in [0.15, 0.2) is 29.2 Å². The van der Waals surface area contributed by atoms with E-state index in [2.05, 4.69) is 17.6 Å². The monoisotopic (exact) mass is 371 g/mol. The minimum absolute atomic E-state index is 0.115. The number of hydrogen-bond acceptors (Lipinski definition) is 4. The minimum Gasteiger partial charge on any atom is -0.332 e. The summed E-state index contributed by atoms with van der Waals surface area (Å²) in [5.41, 5.74) is 0.615. The number of thiocarbonyl (C=S) groups is 1. The number of nitrogens with one attached hydrogen (secondary N) is 2. The van der Waals surface area contributed by atoms with Gasteiger partial charge in [0.15, 0.2) is 5.11 Å². The molecule has 0 unspecified atom stereocenters. The molecule has 0 saturated carbocycles. The number of hydrogen-bond donors (Lipinski definition) is 2. The van der Waals surface area contributed by atoms with Gasteiger partial charge >= 0.3 is 0 Å². The molecule has 0 aliphatic rings. The van der Waals surface area contributed by atoms with Gasteiger partial charge in [0.05, 0.1) is 4.90 Å². The van der Waals surface area contributed by atoms with Crippen LogP contribution in [0, 0.1) is 0 Å². The Morgan fingerprint density at radius 2 is 1.75 bits per heavy atom. The van der Waals surface area contributed by atoms with E-state index in [-0.39, 0.29) is 15.9 Å². The zero-order valence-corrected chi connectivity index (χ0v) is 16.0. The van der Waals surface area contributed by atoms with Gasteiger partial charge in [-0.2, -0.15) is 0 Å². The lowest BCUT2D eigenvalue weighted by atomic mass is 10.1. The molecule has 0 atom stereocenters. The van der Waals surface area contributed by atoms with Crippen molar-refractivity contribution in [2.24, 2.45) is 0 Å². The van der Waals surface area contributed by atoms with Crippen LogP contribution in [0.2, 0.25) is 0 Å². The Morgan fingerprint density at radius 3 is 2.29 bits per heavy atom. The standard InChI is InChI=1S/C16H25N3O3S2/c1-4-5-6-7-8-15(20)18-16(23)17-13-9-11-14(12-10-13)24(21,22)19(2)3/h9-12H,4-8H2,1-3H3,(H2,17,18,20,23). The van der Waals surface area contributed by atoms with E-state index in [0.717, 1.165) is 30.0 Å². The SMILES string of the molecule is CCCCCCC(=O)NC(=S)Nc1ccc(S(=O)(=O)N(C)C)cc1. The predicted octanol–water partition coefficient (Wildman–Crippen LogP) is 2.72. The van der Waals surface area contributed by atoms with Crippen LogP contribution < -0.4 is 10.6 Å². The quantitative estimate of drug-likeness (QED) is 0.543. The van der Waals surface area contributed by atoms with Crippen LogP contribution in [0.25, 0.3) is 0 Å². The summed E-state index contributed by atoms with van der Waals surface area (Å²) in [5.74, 6) is -0.115. The number of nitrogens with zero attached hydrogens (tertiary/aromatic N) is 1. The Morgan fingerprint density at radius 1 is 1.12 bits per heavy atom. The van der Waals surface area contributed by atoms with Crippen LogP contribution >= 0.6 is 12.2 Å². The van der Waals surface area contributed by atoms with E-state index in [9.17, 15) is 13.2 Å². The fourth-order valence-corrected chi connectivity index (χ4v) is 3.12. The third-order valence-corrected chi connectivity index (χ3v) is 5.43. The predicted molar refractivity (Wildman–Crippen MR) is 100 cm³/mol. The molecule has 1 rings (SSSR count). The maximum atomic E-state index is 12.0. The molecule has 0 bridgehead atoms. The number of sulfonamides is 1. The molecule has 0 heterocycles. The molecule has 24 heavy (non-hydrogen) atoms. The summed E-state index contributed by atoms with van der Waals surface area (Å²) in [4.78, 5) is 11.9. The summed E-state index contributed by atoms with van der Waals surface area (Å²) in [7, 11) is -0.496. The topological polar surface area (TPSA) is 78.5 Å². The first-order chi connectivity index (χ1) is 11.3. The number of rotatable bonds is 8. The molecule has 0 spiro atoms. The third kappa shape index (κ3) is 6.54. The summed E-state index contributed by atoms with van der Waals surface area (Å²) in [6, 6.07) is 6.20. The molecule has 0 aliphatic carbocycles. The summed E-state index contributed by atoms with van der Waals surface area (Å²) in [5, 5.41) is 5.70. The van der Waals surface area contributed by atoms with E-state index in [4.69, 9.17) is 12.2 Å². The highest BCUT2D eigenvalue weighted by molar-refractivity contribution is 7.89. The Kier molecular flexibility index (Phi) is 8.30. The van der Waals surface area contributed by atoms with Gasteiger partial charge in [-0.25, -0.2) is 12.7 Å². The Hall–Kier alpha value is -1.51. The van der Waals surface area contributed by atoms with Crippen molar-refractivity contribution < 1.29 is 13.2 Å². The molecule has 1 amide bonds. The van der Waals surface area contributed by atoms with Gasteiger partial charge in [-0.05, 0) is 42.9 Å². The average Bonchev–Trinajstić information content (AvgIpc) is 2.51. The van der Waals surface area contributed by atoms with Gasteiger partial charge in [-0.3, -0.25) is 4.79 Å². The number of unbranched alkanes of at least 4 members (excludes halogenated alkanes) is 3. The van der Waals surface area contributed by atoms with Crippen LogP contribution in [0.3, 0.4) is 0 Å². The lowest BCUT2D eigenvalue weighted by Gasteiger charge is -2.13. The summed E-state index contributed by atoms with van der Waals surface area (Å²) in [6.07, 6.45) is 4.58. The van der Waals surface area contributed by atoms with Crippen molar-refractivity contribution in [1.82, 2.24) is 9.62 Å². The van der Waals surface area contributed by atoms with E-state index in [1.54, 1.807) is 12.1 Å². The Labute approximate surface area is 149 Å². The van der Waals surface area contributed by atoms with Crippen molar-refractivity contribution in [3.8, 4) is 0 Å². The second kappa shape index (κ2) is 9.71. The molecular weight excluding hydrogens is 346 g/mol. The molecule has 8 heteroatoms. The number of amides is 1. The van der Waals surface area contributed by atoms with Gasteiger partial charge in [-0.15, -0.1) is 0 Å². The second-order valence-electron chi connectivity index (χ2n) is 5.62. The fourth-order valence-electron chi connectivity index (χ4n) is 1.98. The zero-order valence-electron chi connectivity index (χ0n) is 14.3. The third-order valence-electron chi connectivity index (χ3n) is 3.40. The molecule has 2 N–H and O–H groups in total. The maximum Gasteiger partial charge on any atom is 0.242 e. The van der Waals surface area contributed by atoms with Gasteiger partial charge in [-0.1, -0.05) is 26.2 Å². The van der Waals surface area contributed by atoms with Gasteiger partial charge in [0, 0.05) is 26.2 Å². The molecule has 1 aromatic rings. The molecule has 1 aromatic carbocycles. The average molecular weight is 372 g/mol. The molecule has 0 saturated heterocycles. The van der Waals surface area contributed by atoms with Crippen molar-refractivity contribution >= 4 is 38.9 Å². The van der Waals surface area contributed by atoms with Crippen LogP contribution in [0.4, 0.5) is 5.69 Å². The maximum absolute atomic E-state index is 12.0.